The normalized spacial score (nSPS) is 11.2. The Morgan fingerprint density at radius 1 is 1.43 bits per heavy atom. The van der Waals surface area contributed by atoms with Gasteiger partial charge in [0.2, 0.25) is 11.6 Å². The largest absolute Gasteiger partial charge is 0.430 e. The van der Waals surface area contributed by atoms with E-state index in [0.29, 0.717) is 5.56 Å². The SMILES string of the molecule is Cc1ccc(Oc2nccnc2C(N)=NO)c([N+](=O)[O-])c1. The van der Waals surface area contributed by atoms with Crippen molar-refractivity contribution in [2.75, 3.05) is 0 Å². The highest BCUT2D eigenvalue weighted by Gasteiger charge is 2.19. The summed E-state index contributed by atoms with van der Waals surface area (Å²) in [6.45, 7) is 1.72. The van der Waals surface area contributed by atoms with Gasteiger partial charge in [-0.1, -0.05) is 11.2 Å². The molecular formula is C12H11N5O4. The van der Waals surface area contributed by atoms with Gasteiger partial charge in [0.25, 0.3) is 0 Å². The van der Waals surface area contributed by atoms with Gasteiger partial charge in [-0.15, -0.1) is 0 Å². The lowest BCUT2D eigenvalue weighted by Crippen LogP contribution is -2.16. The van der Waals surface area contributed by atoms with E-state index in [9.17, 15) is 10.1 Å². The van der Waals surface area contributed by atoms with Crippen LogP contribution in [0.4, 0.5) is 5.69 Å². The van der Waals surface area contributed by atoms with Crippen molar-refractivity contribution in [2.24, 2.45) is 10.9 Å². The van der Waals surface area contributed by atoms with E-state index in [1.807, 2.05) is 0 Å². The monoisotopic (exact) mass is 289 g/mol. The lowest BCUT2D eigenvalue weighted by Gasteiger charge is -2.08. The number of rotatable bonds is 4. The smallest absolute Gasteiger partial charge is 0.311 e. The number of aryl methyl sites for hydroxylation is 1. The van der Waals surface area contributed by atoms with Crippen LogP contribution in [0.1, 0.15) is 11.3 Å². The third-order valence-electron chi connectivity index (χ3n) is 2.53. The number of aromatic nitrogens is 2. The number of hydrogen-bond acceptors (Lipinski definition) is 7. The number of nitrogens with two attached hydrogens (primary N) is 1. The maximum Gasteiger partial charge on any atom is 0.311 e. The predicted octanol–water partition coefficient (Wildman–Crippen LogP) is 1.58. The van der Waals surface area contributed by atoms with Crippen molar-refractivity contribution in [3.8, 4) is 11.6 Å². The summed E-state index contributed by atoms with van der Waals surface area (Å²) in [5, 5.41) is 22.5. The standard InChI is InChI=1S/C12H11N5O4/c1-7-2-3-9(8(6-7)17(19)20)21-12-10(11(13)16-18)14-4-5-15-12/h2-6,18H,1H3,(H2,13,16). The van der Waals surface area contributed by atoms with Crippen molar-refractivity contribution in [3.05, 3.63) is 52.0 Å². The van der Waals surface area contributed by atoms with Crippen molar-refractivity contribution in [1.29, 1.82) is 0 Å². The van der Waals surface area contributed by atoms with E-state index in [4.69, 9.17) is 15.7 Å². The van der Waals surface area contributed by atoms with Crippen LogP contribution < -0.4 is 10.5 Å². The van der Waals surface area contributed by atoms with Crippen molar-refractivity contribution >= 4 is 11.5 Å². The molecule has 0 aliphatic heterocycles. The number of ether oxygens (including phenoxy) is 1. The fourth-order valence-corrected chi connectivity index (χ4v) is 1.58. The molecule has 0 amide bonds. The Balaban J connectivity index is 2.46. The van der Waals surface area contributed by atoms with E-state index in [2.05, 4.69) is 15.1 Å². The molecule has 108 valence electrons. The van der Waals surface area contributed by atoms with Crippen LogP contribution in [0.5, 0.6) is 11.6 Å². The molecule has 1 heterocycles. The second kappa shape index (κ2) is 5.82. The molecule has 0 saturated heterocycles. The van der Waals surface area contributed by atoms with Gasteiger partial charge in [-0.05, 0) is 18.6 Å². The first-order valence-electron chi connectivity index (χ1n) is 5.74. The molecule has 9 heteroatoms. The number of hydrogen-bond donors (Lipinski definition) is 2. The molecule has 1 aromatic heterocycles. The minimum atomic E-state index is -0.568. The quantitative estimate of drug-likeness (QED) is 0.286. The molecule has 0 spiro atoms. The molecule has 9 nitrogen and oxygen atoms in total. The van der Waals surface area contributed by atoms with E-state index in [0.717, 1.165) is 0 Å². The zero-order chi connectivity index (χ0) is 15.4. The van der Waals surface area contributed by atoms with Gasteiger partial charge in [0.05, 0.1) is 4.92 Å². The topological polar surface area (TPSA) is 137 Å². The highest BCUT2D eigenvalue weighted by Crippen LogP contribution is 2.31. The molecule has 0 unspecified atom stereocenters. The Labute approximate surface area is 118 Å². The van der Waals surface area contributed by atoms with Crippen LogP contribution >= 0.6 is 0 Å². The molecule has 2 aromatic rings. The number of benzene rings is 1. The van der Waals surface area contributed by atoms with Gasteiger partial charge in [-0.25, -0.2) is 9.97 Å². The summed E-state index contributed by atoms with van der Waals surface area (Å²) in [6.07, 6.45) is 2.65. The molecule has 21 heavy (non-hydrogen) atoms. The fourth-order valence-electron chi connectivity index (χ4n) is 1.58. The second-order valence-electron chi connectivity index (χ2n) is 4.03. The van der Waals surface area contributed by atoms with Crippen LogP contribution in [-0.4, -0.2) is 25.9 Å². The Kier molecular flexibility index (Phi) is 3.93. The minimum absolute atomic E-state index is 0.0157. The number of amidine groups is 1. The lowest BCUT2D eigenvalue weighted by molar-refractivity contribution is -0.385. The number of oxime groups is 1. The lowest BCUT2D eigenvalue weighted by atomic mass is 10.2. The van der Waals surface area contributed by atoms with Gasteiger partial charge in [0.15, 0.2) is 11.5 Å². The van der Waals surface area contributed by atoms with Crippen molar-refractivity contribution in [2.45, 2.75) is 6.92 Å². The van der Waals surface area contributed by atoms with Crippen LogP contribution in [-0.2, 0) is 0 Å². The van der Waals surface area contributed by atoms with E-state index in [1.165, 1.54) is 24.5 Å². The second-order valence-corrected chi connectivity index (χ2v) is 4.03. The molecule has 0 aliphatic carbocycles. The molecule has 2 rings (SSSR count). The average molecular weight is 289 g/mol. The predicted molar refractivity (Wildman–Crippen MR) is 72.5 cm³/mol. The summed E-state index contributed by atoms with van der Waals surface area (Å²) in [6, 6.07) is 4.47. The Morgan fingerprint density at radius 3 is 2.81 bits per heavy atom. The zero-order valence-electron chi connectivity index (χ0n) is 10.9. The summed E-state index contributed by atoms with van der Waals surface area (Å²) in [4.78, 5) is 18.2. The average Bonchev–Trinajstić information content (AvgIpc) is 2.48. The van der Waals surface area contributed by atoms with E-state index in [-0.39, 0.29) is 28.8 Å². The van der Waals surface area contributed by atoms with Crippen LogP contribution in [0.25, 0.3) is 0 Å². The molecule has 0 radical (unpaired) electrons. The van der Waals surface area contributed by atoms with Gasteiger partial charge in [0.1, 0.15) is 0 Å². The van der Waals surface area contributed by atoms with Crippen LogP contribution in [0.3, 0.4) is 0 Å². The van der Waals surface area contributed by atoms with Gasteiger partial charge in [0, 0.05) is 18.5 Å². The molecule has 0 fully saturated rings. The van der Waals surface area contributed by atoms with Gasteiger partial charge >= 0.3 is 5.69 Å². The highest BCUT2D eigenvalue weighted by molar-refractivity contribution is 5.97. The molecule has 0 aliphatic rings. The molecule has 0 bridgehead atoms. The highest BCUT2D eigenvalue weighted by atomic mass is 16.6. The first kappa shape index (κ1) is 14.2. The van der Waals surface area contributed by atoms with Crippen molar-refractivity contribution < 1.29 is 14.9 Å². The fraction of sp³-hybridized carbons (Fsp3) is 0.0833. The summed E-state index contributed by atoms with van der Waals surface area (Å²) < 4.78 is 5.39. The van der Waals surface area contributed by atoms with Crippen LogP contribution in [0, 0.1) is 17.0 Å². The van der Waals surface area contributed by atoms with Crippen LogP contribution in [0.2, 0.25) is 0 Å². The molecule has 1 aromatic carbocycles. The Morgan fingerprint density at radius 2 is 2.14 bits per heavy atom. The molecular weight excluding hydrogens is 278 g/mol. The van der Waals surface area contributed by atoms with Gasteiger partial charge < -0.3 is 15.7 Å². The van der Waals surface area contributed by atoms with Crippen LogP contribution in [0.15, 0.2) is 35.7 Å². The van der Waals surface area contributed by atoms with Crippen molar-refractivity contribution in [3.63, 3.8) is 0 Å². The number of nitro groups is 1. The minimum Gasteiger partial charge on any atom is -0.430 e. The summed E-state index contributed by atoms with van der Waals surface area (Å²) >= 11 is 0. The van der Waals surface area contributed by atoms with Crippen molar-refractivity contribution in [1.82, 2.24) is 9.97 Å². The molecule has 3 N–H and O–H groups in total. The first-order chi connectivity index (χ1) is 10.0. The Hall–Kier alpha value is -3.23. The van der Waals surface area contributed by atoms with E-state index < -0.39 is 4.92 Å². The molecule has 0 atom stereocenters. The van der Waals surface area contributed by atoms with Gasteiger partial charge in [-0.2, -0.15) is 0 Å². The zero-order valence-corrected chi connectivity index (χ0v) is 10.9. The number of nitro benzene ring substituents is 1. The first-order valence-corrected chi connectivity index (χ1v) is 5.74. The van der Waals surface area contributed by atoms with Gasteiger partial charge in [-0.3, -0.25) is 10.1 Å². The number of nitrogens with zero attached hydrogens (tertiary/aromatic N) is 4. The van der Waals surface area contributed by atoms with E-state index in [1.54, 1.807) is 13.0 Å². The third-order valence-corrected chi connectivity index (χ3v) is 2.53. The summed E-state index contributed by atoms with van der Waals surface area (Å²) in [5.41, 5.74) is 5.93. The Bertz CT molecular complexity index is 717. The summed E-state index contributed by atoms with van der Waals surface area (Å²) in [7, 11) is 0. The summed E-state index contributed by atoms with van der Waals surface area (Å²) in [5.74, 6) is -0.425. The third kappa shape index (κ3) is 3.03. The maximum atomic E-state index is 11.0. The maximum absolute atomic E-state index is 11.0. The molecule has 0 saturated carbocycles. The van der Waals surface area contributed by atoms with E-state index >= 15 is 0 Å².